The molecule has 20 heavy (non-hydrogen) atoms. The van der Waals surface area contributed by atoms with E-state index >= 15 is 0 Å². The molecule has 1 amide bonds. The molecule has 1 heterocycles. The summed E-state index contributed by atoms with van der Waals surface area (Å²) in [5.41, 5.74) is 5.98. The number of ether oxygens (including phenoxy) is 2. The Bertz CT molecular complexity index is 498. The minimum atomic E-state index is -0.305. The number of nitrogens with two attached hydrogens (primary N) is 1. The Morgan fingerprint density at radius 1 is 1.40 bits per heavy atom. The Morgan fingerprint density at radius 2 is 2.10 bits per heavy atom. The first-order chi connectivity index (χ1) is 9.38. The number of carbonyl (C=O) groups is 1. The molecule has 0 unspecified atom stereocenters. The number of rotatable bonds is 4. The van der Waals surface area contributed by atoms with E-state index < -0.39 is 0 Å². The van der Waals surface area contributed by atoms with Gasteiger partial charge in [0.15, 0.2) is 0 Å². The number of carbonyl (C=O) groups excluding carboxylic acids is 1. The molecular formula is C16H23NO3. The average molecular weight is 277 g/mol. The van der Waals surface area contributed by atoms with Crippen molar-refractivity contribution in [3.8, 4) is 5.75 Å². The summed E-state index contributed by atoms with van der Waals surface area (Å²) in [6.45, 7) is 4.73. The zero-order chi connectivity index (χ0) is 14.8. The van der Waals surface area contributed by atoms with Crippen molar-refractivity contribution >= 4 is 5.91 Å². The van der Waals surface area contributed by atoms with Crippen LogP contribution in [0.25, 0.3) is 0 Å². The highest BCUT2D eigenvalue weighted by atomic mass is 16.5. The van der Waals surface area contributed by atoms with E-state index in [1.54, 1.807) is 7.11 Å². The molecule has 0 aromatic heterocycles. The van der Waals surface area contributed by atoms with Gasteiger partial charge in [0.2, 0.25) is 5.91 Å². The van der Waals surface area contributed by atoms with Gasteiger partial charge < -0.3 is 15.2 Å². The molecule has 110 valence electrons. The second-order valence-corrected chi connectivity index (χ2v) is 6.16. The van der Waals surface area contributed by atoms with Crippen molar-refractivity contribution in [2.24, 2.45) is 5.73 Å². The Balaban J connectivity index is 2.49. The lowest BCUT2D eigenvalue weighted by Gasteiger charge is -2.45. The summed E-state index contributed by atoms with van der Waals surface area (Å²) in [5, 5.41) is 0. The Morgan fingerprint density at radius 3 is 2.70 bits per heavy atom. The van der Waals surface area contributed by atoms with Gasteiger partial charge in [-0.15, -0.1) is 0 Å². The smallest absolute Gasteiger partial charge is 0.218 e. The second-order valence-electron chi connectivity index (χ2n) is 6.16. The number of hydrogen-bond acceptors (Lipinski definition) is 3. The maximum Gasteiger partial charge on any atom is 0.218 e. The van der Waals surface area contributed by atoms with E-state index in [0.717, 1.165) is 24.2 Å². The summed E-state index contributed by atoms with van der Waals surface area (Å²) in [6, 6.07) is 7.87. The third kappa shape index (κ3) is 2.96. The summed E-state index contributed by atoms with van der Waals surface area (Å²) < 4.78 is 11.3. The van der Waals surface area contributed by atoms with Gasteiger partial charge in [-0.2, -0.15) is 0 Å². The monoisotopic (exact) mass is 277 g/mol. The number of methoxy groups -OCH3 is 1. The normalized spacial score (nSPS) is 25.1. The molecule has 1 fully saturated rings. The lowest BCUT2D eigenvalue weighted by Crippen LogP contribution is -2.46. The second kappa shape index (κ2) is 5.44. The average Bonchev–Trinajstić information content (AvgIpc) is 2.36. The fraction of sp³-hybridized carbons (Fsp3) is 0.562. The van der Waals surface area contributed by atoms with Crippen LogP contribution in [-0.4, -0.2) is 25.2 Å². The molecule has 1 saturated heterocycles. The van der Waals surface area contributed by atoms with Crippen LogP contribution < -0.4 is 10.5 Å². The fourth-order valence-electron chi connectivity index (χ4n) is 3.37. The van der Waals surface area contributed by atoms with Gasteiger partial charge >= 0.3 is 0 Å². The Hall–Kier alpha value is -1.55. The van der Waals surface area contributed by atoms with Crippen molar-refractivity contribution < 1.29 is 14.3 Å². The Labute approximate surface area is 120 Å². The van der Waals surface area contributed by atoms with Gasteiger partial charge in [0.1, 0.15) is 5.75 Å². The van der Waals surface area contributed by atoms with E-state index in [2.05, 4.69) is 13.8 Å². The fourth-order valence-corrected chi connectivity index (χ4v) is 3.37. The van der Waals surface area contributed by atoms with Gasteiger partial charge in [-0.3, -0.25) is 4.79 Å². The quantitative estimate of drug-likeness (QED) is 0.919. The summed E-state index contributed by atoms with van der Waals surface area (Å²) in [5.74, 6) is 0.528. The topological polar surface area (TPSA) is 61.5 Å². The molecule has 0 radical (unpaired) electrons. The number of primary amides is 1. The molecule has 0 saturated carbocycles. The highest BCUT2D eigenvalue weighted by molar-refractivity contribution is 5.76. The molecule has 4 nitrogen and oxygen atoms in total. The lowest BCUT2D eigenvalue weighted by molar-refractivity contribution is -0.123. The molecule has 1 aliphatic heterocycles. The predicted octanol–water partition coefficient (Wildman–Crippen LogP) is 2.40. The highest BCUT2D eigenvalue weighted by Gasteiger charge is 2.44. The van der Waals surface area contributed by atoms with E-state index in [1.165, 1.54) is 0 Å². The molecular weight excluding hydrogens is 254 g/mol. The maximum atomic E-state index is 11.6. The Kier molecular flexibility index (Phi) is 4.04. The van der Waals surface area contributed by atoms with Crippen LogP contribution in [0.3, 0.4) is 0 Å². The first-order valence-corrected chi connectivity index (χ1v) is 6.94. The number of benzene rings is 1. The highest BCUT2D eigenvalue weighted by Crippen LogP contribution is 2.46. The van der Waals surface area contributed by atoms with Crippen LogP contribution in [-0.2, 0) is 14.9 Å². The molecule has 0 bridgehead atoms. The third-order valence-corrected chi connectivity index (χ3v) is 4.03. The standard InChI is InChI=1S/C16H23NO3/c1-15(2)11-16(8-9-20-15,10-14(17)18)12-6-4-5-7-13(12)19-3/h4-7H,8-11H2,1-3H3,(H2,17,18)/t16-/m0/s1. The van der Waals surface area contributed by atoms with Crippen LogP contribution in [0.4, 0.5) is 0 Å². The molecule has 2 rings (SSSR count). The molecule has 4 heteroatoms. The van der Waals surface area contributed by atoms with Gasteiger partial charge in [0.25, 0.3) is 0 Å². The third-order valence-electron chi connectivity index (χ3n) is 4.03. The van der Waals surface area contributed by atoms with E-state index in [0.29, 0.717) is 13.0 Å². The zero-order valence-corrected chi connectivity index (χ0v) is 12.4. The molecule has 0 spiro atoms. The van der Waals surface area contributed by atoms with Gasteiger partial charge in [0.05, 0.1) is 12.7 Å². The predicted molar refractivity (Wildman–Crippen MR) is 77.7 cm³/mol. The van der Waals surface area contributed by atoms with Crippen LogP contribution in [0, 0.1) is 0 Å². The van der Waals surface area contributed by atoms with Crippen LogP contribution >= 0.6 is 0 Å². The van der Waals surface area contributed by atoms with E-state index in [4.69, 9.17) is 15.2 Å². The summed E-state index contributed by atoms with van der Waals surface area (Å²) in [4.78, 5) is 11.6. The van der Waals surface area contributed by atoms with Crippen molar-refractivity contribution in [2.75, 3.05) is 13.7 Å². The summed E-state index contributed by atoms with van der Waals surface area (Å²) in [7, 11) is 1.65. The number of para-hydroxylation sites is 1. The first-order valence-electron chi connectivity index (χ1n) is 6.94. The SMILES string of the molecule is COc1ccccc1[C@]1(CC(N)=O)CCOC(C)(C)C1. The molecule has 1 aromatic rings. The molecule has 0 aliphatic carbocycles. The largest absolute Gasteiger partial charge is 0.496 e. The minimum Gasteiger partial charge on any atom is -0.496 e. The van der Waals surface area contributed by atoms with E-state index in [1.807, 2.05) is 24.3 Å². The minimum absolute atomic E-state index is 0.269. The van der Waals surface area contributed by atoms with Crippen molar-refractivity contribution in [3.05, 3.63) is 29.8 Å². The van der Waals surface area contributed by atoms with Gasteiger partial charge in [-0.1, -0.05) is 18.2 Å². The summed E-state index contributed by atoms with van der Waals surface area (Å²) in [6.07, 6.45) is 1.85. The van der Waals surface area contributed by atoms with E-state index in [-0.39, 0.29) is 16.9 Å². The number of amides is 1. The van der Waals surface area contributed by atoms with Gasteiger partial charge in [-0.05, 0) is 32.8 Å². The number of hydrogen-bond donors (Lipinski definition) is 1. The lowest BCUT2D eigenvalue weighted by atomic mass is 9.67. The molecule has 1 atom stereocenters. The molecule has 1 aliphatic rings. The molecule has 1 aromatic carbocycles. The van der Waals surface area contributed by atoms with Crippen molar-refractivity contribution in [1.82, 2.24) is 0 Å². The van der Waals surface area contributed by atoms with Crippen molar-refractivity contribution in [1.29, 1.82) is 0 Å². The van der Waals surface area contributed by atoms with Crippen LogP contribution in [0.15, 0.2) is 24.3 Å². The van der Waals surface area contributed by atoms with Crippen molar-refractivity contribution in [3.63, 3.8) is 0 Å². The summed E-state index contributed by atoms with van der Waals surface area (Å²) >= 11 is 0. The van der Waals surface area contributed by atoms with Crippen LogP contribution in [0.1, 0.15) is 38.7 Å². The van der Waals surface area contributed by atoms with Crippen LogP contribution in [0.2, 0.25) is 0 Å². The van der Waals surface area contributed by atoms with E-state index in [9.17, 15) is 4.79 Å². The van der Waals surface area contributed by atoms with Gasteiger partial charge in [0, 0.05) is 24.0 Å². The molecule has 2 N–H and O–H groups in total. The first kappa shape index (κ1) is 14.9. The zero-order valence-electron chi connectivity index (χ0n) is 12.4. The van der Waals surface area contributed by atoms with Crippen molar-refractivity contribution in [2.45, 2.75) is 44.1 Å². The van der Waals surface area contributed by atoms with Crippen LogP contribution in [0.5, 0.6) is 5.75 Å². The maximum absolute atomic E-state index is 11.6. The van der Waals surface area contributed by atoms with Gasteiger partial charge in [-0.25, -0.2) is 0 Å².